The minimum Gasteiger partial charge on any atom is -0.393 e. The van der Waals surface area contributed by atoms with E-state index in [0.29, 0.717) is 17.3 Å². The zero-order valence-electron chi connectivity index (χ0n) is 12.3. The standard InChI is InChI=1S/C15H20ClN3O/c1-5-18-13(15(2,3)4)12(17)14(20)19(18)11-8-6-7-10(16)9-11/h6-9H,5,17H2,1-4H3. The Balaban J connectivity index is 2.82. The van der Waals surface area contributed by atoms with Crippen LogP contribution in [0.3, 0.4) is 0 Å². The van der Waals surface area contributed by atoms with Gasteiger partial charge in [-0.2, -0.15) is 0 Å². The Kier molecular flexibility index (Phi) is 3.69. The molecule has 0 saturated carbocycles. The largest absolute Gasteiger partial charge is 0.393 e. The van der Waals surface area contributed by atoms with Crippen molar-refractivity contribution in [2.45, 2.75) is 39.7 Å². The van der Waals surface area contributed by atoms with Gasteiger partial charge in [0.05, 0.1) is 11.4 Å². The van der Waals surface area contributed by atoms with E-state index in [1.54, 1.807) is 16.8 Å². The molecule has 2 rings (SSSR count). The predicted molar refractivity (Wildman–Crippen MR) is 83.8 cm³/mol. The highest BCUT2D eigenvalue weighted by molar-refractivity contribution is 6.30. The first kappa shape index (κ1) is 14.7. The molecule has 1 heterocycles. The molecule has 0 aliphatic carbocycles. The molecule has 0 spiro atoms. The maximum atomic E-state index is 12.5. The van der Waals surface area contributed by atoms with Crippen molar-refractivity contribution in [1.29, 1.82) is 0 Å². The van der Waals surface area contributed by atoms with Gasteiger partial charge in [-0.05, 0) is 25.1 Å². The second-order valence-electron chi connectivity index (χ2n) is 5.82. The first-order valence-electron chi connectivity index (χ1n) is 6.65. The van der Waals surface area contributed by atoms with E-state index in [0.717, 1.165) is 11.4 Å². The highest BCUT2D eigenvalue weighted by atomic mass is 35.5. The van der Waals surface area contributed by atoms with Crippen molar-refractivity contribution >= 4 is 17.3 Å². The minimum atomic E-state index is -0.205. The molecule has 1 aromatic heterocycles. The molecular formula is C15H20ClN3O. The van der Waals surface area contributed by atoms with Gasteiger partial charge in [0, 0.05) is 17.0 Å². The molecule has 0 fully saturated rings. The molecule has 0 aliphatic heterocycles. The SMILES string of the molecule is CCn1c(C(C)(C)C)c(N)c(=O)n1-c1cccc(Cl)c1. The average molecular weight is 294 g/mol. The molecule has 0 atom stereocenters. The first-order chi connectivity index (χ1) is 9.27. The summed E-state index contributed by atoms with van der Waals surface area (Å²) < 4.78 is 3.52. The molecule has 0 amide bonds. The fourth-order valence-electron chi connectivity index (χ4n) is 2.52. The molecule has 20 heavy (non-hydrogen) atoms. The number of rotatable bonds is 2. The van der Waals surface area contributed by atoms with E-state index in [-0.39, 0.29) is 11.0 Å². The molecule has 0 unspecified atom stereocenters. The maximum absolute atomic E-state index is 12.5. The summed E-state index contributed by atoms with van der Waals surface area (Å²) in [4.78, 5) is 12.5. The number of nitrogen functional groups attached to an aromatic ring is 1. The van der Waals surface area contributed by atoms with E-state index in [1.165, 1.54) is 0 Å². The number of nitrogens with two attached hydrogens (primary N) is 1. The Bertz CT molecular complexity index is 692. The lowest BCUT2D eigenvalue weighted by molar-refractivity contribution is 0.470. The number of aromatic nitrogens is 2. The van der Waals surface area contributed by atoms with Crippen molar-refractivity contribution < 1.29 is 0 Å². The summed E-state index contributed by atoms with van der Waals surface area (Å²) in [6.07, 6.45) is 0. The Hall–Kier alpha value is -1.68. The van der Waals surface area contributed by atoms with Gasteiger partial charge in [-0.25, -0.2) is 4.68 Å². The van der Waals surface area contributed by atoms with Crippen LogP contribution in [0.15, 0.2) is 29.1 Å². The second-order valence-corrected chi connectivity index (χ2v) is 6.26. The van der Waals surface area contributed by atoms with Gasteiger partial charge in [-0.1, -0.05) is 38.4 Å². The van der Waals surface area contributed by atoms with Gasteiger partial charge >= 0.3 is 0 Å². The first-order valence-corrected chi connectivity index (χ1v) is 7.03. The lowest BCUT2D eigenvalue weighted by Gasteiger charge is -2.22. The molecule has 1 aromatic carbocycles. The summed E-state index contributed by atoms with van der Waals surface area (Å²) in [6, 6.07) is 7.22. The van der Waals surface area contributed by atoms with Crippen LogP contribution in [0.1, 0.15) is 33.4 Å². The van der Waals surface area contributed by atoms with Crippen LogP contribution in [0.25, 0.3) is 5.69 Å². The second kappa shape index (κ2) is 5.02. The van der Waals surface area contributed by atoms with E-state index >= 15 is 0 Å². The lowest BCUT2D eigenvalue weighted by atomic mass is 9.91. The van der Waals surface area contributed by atoms with Gasteiger partial charge < -0.3 is 5.73 Å². The molecule has 0 radical (unpaired) electrons. The van der Waals surface area contributed by atoms with Crippen LogP contribution < -0.4 is 11.3 Å². The third-order valence-corrected chi connectivity index (χ3v) is 3.48. The Morgan fingerprint density at radius 2 is 1.95 bits per heavy atom. The third-order valence-electron chi connectivity index (χ3n) is 3.24. The van der Waals surface area contributed by atoms with E-state index in [4.69, 9.17) is 17.3 Å². The maximum Gasteiger partial charge on any atom is 0.294 e. The monoisotopic (exact) mass is 293 g/mol. The van der Waals surface area contributed by atoms with Crippen LogP contribution in [-0.2, 0) is 12.0 Å². The summed E-state index contributed by atoms with van der Waals surface area (Å²) in [5.41, 5.74) is 7.54. The highest BCUT2D eigenvalue weighted by Crippen LogP contribution is 2.27. The number of benzene rings is 1. The summed E-state index contributed by atoms with van der Waals surface area (Å²) in [6.45, 7) is 8.80. The van der Waals surface area contributed by atoms with Crippen LogP contribution in [-0.4, -0.2) is 9.36 Å². The van der Waals surface area contributed by atoms with E-state index in [2.05, 4.69) is 0 Å². The molecule has 0 saturated heterocycles. The van der Waals surface area contributed by atoms with Gasteiger partial charge in [0.2, 0.25) is 0 Å². The minimum absolute atomic E-state index is 0.195. The van der Waals surface area contributed by atoms with Crippen molar-refractivity contribution in [3.05, 3.63) is 45.3 Å². The zero-order valence-corrected chi connectivity index (χ0v) is 13.0. The van der Waals surface area contributed by atoms with Gasteiger partial charge in [-0.15, -0.1) is 0 Å². The fourth-order valence-corrected chi connectivity index (χ4v) is 2.70. The molecule has 0 bridgehead atoms. The van der Waals surface area contributed by atoms with Crippen LogP contribution >= 0.6 is 11.6 Å². The smallest absolute Gasteiger partial charge is 0.294 e. The number of anilines is 1. The number of halogens is 1. The molecular weight excluding hydrogens is 274 g/mol. The lowest BCUT2D eigenvalue weighted by Crippen LogP contribution is -2.24. The molecule has 2 aromatic rings. The number of nitrogens with zero attached hydrogens (tertiary/aromatic N) is 2. The summed E-state index contributed by atoms with van der Waals surface area (Å²) >= 11 is 6.02. The van der Waals surface area contributed by atoms with Crippen LogP contribution in [0.2, 0.25) is 5.02 Å². The summed E-state index contributed by atoms with van der Waals surface area (Å²) in [5.74, 6) is 0. The topological polar surface area (TPSA) is 52.9 Å². The van der Waals surface area contributed by atoms with Gasteiger partial charge in [0.1, 0.15) is 5.69 Å². The third kappa shape index (κ3) is 2.36. The van der Waals surface area contributed by atoms with Crippen molar-refractivity contribution in [3.8, 4) is 5.69 Å². The zero-order chi connectivity index (χ0) is 15.1. The van der Waals surface area contributed by atoms with Gasteiger partial charge in [-0.3, -0.25) is 9.48 Å². The van der Waals surface area contributed by atoms with Crippen LogP contribution in [0, 0.1) is 0 Å². The molecule has 108 valence electrons. The van der Waals surface area contributed by atoms with E-state index in [1.807, 2.05) is 44.5 Å². The van der Waals surface area contributed by atoms with E-state index < -0.39 is 0 Å². The quantitative estimate of drug-likeness (QED) is 0.924. The fraction of sp³-hybridized carbons (Fsp3) is 0.400. The van der Waals surface area contributed by atoms with Gasteiger partial charge in [0.15, 0.2) is 0 Å². The Morgan fingerprint density at radius 1 is 1.30 bits per heavy atom. The highest BCUT2D eigenvalue weighted by Gasteiger charge is 2.27. The van der Waals surface area contributed by atoms with Crippen molar-refractivity contribution in [1.82, 2.24) is 9.36 Å². The number of hydrogen-bond donors (Lipinski definition) is 1. The molecule has 0 aliphatic rings. The molecule has 4 nitrogen and oxygen atoms in total. The molecule has 5 heteroatoms. The predicted octanol–water partition coefficient (Wildman–Crippen LogP) is 3.19. The Morgan fingerprint density at radius 3 is 2.45 bits per heavy atom. The van der Waals surface area contributed by atoms with Crippen LogP contribution in [0.4, 0.5) is 5.69 Å². The number of hydrogen-bond acceptors (Lipinski definition) is 2. The average Bonchev–Trinajstić information content (AvgIpc) is 2.61. The van der Waals surface area contributed by atoms with Crippen molar-refractivity contribution in [3.63, 3.8) is 0 Å². The van der Waals surface area contributed by atoms with Crippen LogP contribution in [0.5, 0.6) is 0 Å². The molecule has 2 N–H and O–H groups in total. The summed E-state index contributed by atoms with van der Waals surface area (Å²) in [5, 5.41) is 0.592. The van der Waals surface area contributed by atoms with Crippen molar-refractivity contribution in [2.75, 3.05) is 5.73 Å². The van der Waals surface area contributed by atoms with Crippen molar-refractivity contribution in [2.24, 2.45) is 0 Å². The normalized spacial score (nSPS) is 11.8. The Labute approximate surface area is 123 Å². The van der Waals surface area contributed by atoms with Gasteiger partial charge in [0.25, 0.3) is 5.56 Å². The van der Waals surface area contributed by atoms with E-state index in [9.17, 15) is 4.79 Å². The summed E-state index contributed by atoms with van der Waals surface area (Å²) in [7, 11) is 0.